The zero-order chi connectivity index (χ0) is 21.5. The molecule has 30 heavy (non-hydrogen) atoms. The average molecular weight is 493 g/mol. The van der Waals surface area contributed by atoms with E-state index in [1.165, 1.54) is 23.7 Å². The van der Waals surface area contributed by atoms with Crippen molar-refractivity contribution in [1.29, 1.82) is 0 Å². The highest BCUT2D eigenvalue weighted by molar-refractivity contribution is 9.10. The van der Waals surface area contributed by atoms with Crippen LogP contribution >= 0.6 is 27.3 Å². The Morgan fingerprint density at radius 3 is 2.80 bits per heavy atom. The lowest BCUT2D eigenvalue weighted by Gasteiger charge is -2.15. The van der Waals surface area contributed by atoms with Gasteiger partial charge in [0.1, 0.15) is 5.75 Å². The van der Waals surface area contributed by atoms with Crippen LogP contribution in [0.1, 0.15) is 23.2 Å². The molecular weight excluding hydrogens is 476 g/mol. The van der Waals surface area contributed by atoms with E-state index in [2.05, 4.69) is 37.1 Å². The van der Waals surface area contributed by atoms with Gasteiger partial charge >= 0.3 is 0 Å². The zero-order valence-corrected chi connectivity index (χ0v) is 18.1. The number of carbonyl (C=O) groups excluding carboxylic acids is 3. The number of aromatic nitrogens is 1. The molecule has 1 atom stereocenters. The number of anilines is 1. The van der Waals surface area contributed by atoms with Crippen LogP contribution in [-0.2, 0) is 16.0 Å². The number of hydrazine groups is 1. The predicted octanol–water partition coefficient (Wildman–Crippen LogP) is 2.91. The number of ether oxygens (including phenoxy) is 1. The summed E-state index contributed by atoms with van der Waals surface area (Å²) in [5.41, 5.74) is 5.07. The molecule has 2 heterocycles. The molecule has 0 saturated carbocycles. The predicted molar refractivity (Wildman–Crippen MR) is 113 cm³/mol. The minimum Gasteiger partial charge on any atom is -0.481 e. The second kappa shape index (κ2) is 10.0. The van der Waals surface area contributed by atoms with Gasteiger partial charge in [0.05, 0.1) is 18.4 Å². The van der Waals surface area contributed by atoms with Gasteiger partial charge in [-0.15, -0.1) is 11.3 Å². The lowest BCUT2D eigenvalue weighted by Crippen LogP contribution is -2.47. The van der Waals surface area contributed by atoms with Gasteiger partial charge in [0, 0.05) is 9.85 Å². The molecule has 9 nitrogen and oxygen atoms in total. The maximum Gasteiger partial charge on any atom is 0.293 e. The molecule has 1 aromatic carbocycles. The first-order chi connectivity index (χ1) is 14.4. The molecule has 0 fully saturated rings. The molecule has 3 N–H and O–H groups in total. The molecule has 11 heteroatoms. The minimum absolute atomic E-state index is 0.0751. The SMILES string of the molecule is C[C@H](Oc1cccc(Br)c1)C(=O)NNC(=O)Cc1csc(NC(=O)c2ccco2)n1. The van der Waals surface area contributed by atoms with Crippen molar-refractivity contribution in [2.24, 2.45) is 0 Å². The maximum atomic E-state index is 12.1. The number of hydrogen-bond donors (Lipinski definition) is 3. The summed E-state index contributed by atoms with van der Waals surface area (Å²) in [5.74, 6) is -0.728. The smallest absolute Gasteiger partial charge is 0.293 e. The summed E-state index contributed by atoms with van der Waals surface area (Å²) < 4.78 is 11.4. The molecular formula is C19H17BrN4O5S. The van der Waals surface area contributed by atoms with Gasteiger partial charge < -0.3 is 9.15 Å². The van der Waals surface area contributed by atoms with Crippen molar-refractivity contribution in [3.63, 3.8) is 0 Å². The molecule has 0 radical (unpaired) electrons. The van der Waals surface area contributed by atoms with Crippen molar-refractivity contribution >= 4 is 50.1 Å². The van der Waals surface area contributed by atoms with Crippen LogP contribution in [0.4, 0.5) is 5.13 Å². The van der Waals surface area contributed by atoms with E-state index in [4.69, 9.17) is 9.15 Å². The number of hydrogen-bond acceptors (Lipinski definition) is 7. The Balaban J connectivity index is 1.43. The van der Waals surface area contributed by atoms with Crippen LogP contribution in [-0.4, -0.2) is 28.8 Å². The van der Waals surface area contributed by atoms with Crippen molar-refractivity contribution in [2.45, 2.75) is 19.4 Å². The van der Waals surface area contributed by atoms with Crippen LogP contribution in [0.5, 0.6) is 5.75 Å². The van der Waals surface area contributed by atoms with Crippen molar-refractivity contribution in [3.8, 4) is 5.75 Å². The monoisotopic (exact) mass is 492 g/mol. The third-order valence-corrected chi connectivity index (χ3v) is 4.96. The summed E-state index contributed by atoms with van der Waals surface area (Å²) in [7, 11) is 0. The highest BCUT2D eigenvalue weighted by atomic mass is 79.9. The zero-order valence-electron chi connectivity index (χ0n) is 15.7. The third-order valence-electron chi connectivity index (χ3n) is 3.66. The first-order valence-electron chi connectivity index (χ1n) is 8.71. The highest BCUT2D eigenvalue weighted by Crippen LogP contribution is 2.19. The number of amides is 3. The first-order valence-corrected chi connectivity index (χ1v) is 10.4. The van der Waals surface area contributed by atoms with Gasteiger partial charge in [-0.2, -0.15) is 0 Å². The molecule has 0 aliphatic rings. The molecule has 3 amide bonds. The quantitative estimate of drug-likeness (QED) is 0.435. The number of halogens is 1. The van der Waals surface area contributed by atoms with E-state index >= 15 is 0 Å². The Kier molecular flexibility index (Phi) is 7.20. The Morgan fingerprint density at radius 2 is 2.07 bits per heavy atom. The Hall–Kier alpha value is -3.18. The largest absolute Gasteiger partial charge is 0.481 e. The van der Waals surface area contributed by atoms with Gasteiger partial charge in [0.2, 0.25) is 5.91 Å². The number of nitrogens with zero attached hydrogens (tertiary/aromatic N) is 1. The fraction of sp³-hybridized carbons (Fsp3) is 0.158. The lowest BCUT2D eigenvalue weighted by atomic mass is 10.3. The average Bonchev–Trinajstić information content (AvgIpc) is 3.38. The van der Waals surface area contributed by atoms with Crippen LogP contribution in [0, 0.1) is 0 Å². The highest BCUT2D eigenvalue weighted by Gasteiger charge is 2.17. The number of carbonyl (C=O) groups is 3. The Morgan fingerprint density at radius 1 is 1.23 bits per heavy atom. The number of rotatable bonds is 7. The summed E-state index contributed by atoms with van der Waals surface area (Å²) >= 11 is 4.50. The van der Waals surface area contributed by atoms with E-state index in [1.54, 1.807) is 36.6 Å². The number of nitrogens with one attached hydrogen (secondary N) is 3. The first kappa shape index (κ1) is 21.5. The molecule has 3 rings (SSSR count). The summed E-state index contributed by atoms with van der Waals surface area (Å²) in [6, 6.07) is 10.2. The van der Waals surface area contributed by atoms with E-state index in [0.717, 1.165) is 4.47 Å². The molecule has 0 spiro atoms. The van der Waals surface area contributed by atoms with Crippen LogP contribution in [0.2, 0.25) is 0 Å². The van der Waals surface area contributed by atoms with Crippen molar-refractivity contribution in [3.05, 3.63) is 64.0 Å². The van der Waals surface area contributed by atoms with Gasteiger partial charge in [-0.1, -0.05) is 22.0 Å². The number of benzene rings is 1. The second-order valence-corrected chi connectivity index (χ2v) is 7.78. The summed E-state index contributed by atoms with van der Waals surface area (Å²) in [6.45, 7) is 1.57. The molecule has 0 bridgehead atoms. The standard InChI is InChI=1S/C19H17BrN4O5S/c1-11(29-14-5-2-4-12(20)8-14)17(26)24-23-16(25)9-13-10-30-19(21-13)22-18(27)15-6-3-7-28-15/h2-8,10-11H,9H2,1H3,(H,23,25)(H,24,26)(H,21,22,27)/t11-/m0/s1. The van der Waals surface area contributed by atoms with E-state index in [-0.39, 0.29) is 12.2 Å². The normalized spacial score (nSPS) is 11.4. The number of furan rings is 1. The summed E-state index contributed by atoms with van der Waals surface area (Å²) in [4.78, 5) is 40.2. The second-order valence-electron chi connectivity index (χ2n) is 6.01. The molecule has 2 aromatic heterocycles. The third kappa shape index (κ3) is 6.16. The van der Waals surface area contributed by atoms with Crippen LogP contribution in [0.25, 0.3) is 0 Å². The van der Waals surface area contributed by atoms with E-state index in [1.807, 2.05) is 6.07 Å². The van der Waals surface area contributed by atoms with Gasteiger partial charge in [-0.05, 0) is 37.3 Å². The molecule has 0 unspecified atom stereocenters. The van der Waals surface area contributed by atoms with Gasteiger partial charge in [-0.3, -0.25) is 30.6 Å². The Bertz CT molecular complexity index is 1040. The van der Waals surface area contributed by atoms with E-state index in [0.29, 0.717) is 16.6 Å². The molecule has 156 valence electrons. The van der Waals surface area contributed by atoms with E-state index < -0.39 is 23.8 Å². The van der Waals surface area contributed by atoms with Gasteiger partial charge in [-0.25, -0.2) is 4.98 Å². The number of thiazole rings is 1. The van der Waals surface area contributed by atoms with Crippen molar-refractivity contribution in [1.82, 2.24) is 15.8 Å². The molecule has 3 aromatic rings. The van der Waals surface area contributed by atoms with Crippen LogP contribution in [0.15, 0.2) is 56.9 Å². The van der Waals surface area contributed by atoms with E-state index in [9.17, 15) is 14.4 Å². The van der Waals surface area contributed by atoms with Crippen molar-refractivity contribution < 1.29 is 23.5 Å². The maximum absolute atomic E-state index is 12.1. The topological polar surface area (TPSA) is 123 Å². The van der Waals surface area contributed by atoms with Crippen LogP contribution < -0.4 is 20.9 Å². The Labute approximate surface area is 183 Å². The lowest BCUT2D eigenvalue weighted by molar-refractivity contribution is -0.132. The minimum atomic E-state index is -0.817. The fourth-order valence-electron chi connectivity index (χ4n) is 2.25. The summed E-state index contributed by atoms with van der Waals surface area (Å²) in [5, 5.41) is 4.55. The molecule has 0 aliphatic heterocycles. The molecule has 0 saturated heterocycles. The van der Waals surface area contributed by atoms with Gasteiger partial charge in [0.25, 0.3) is 11.8 Å². The fourth-order valence-corrected chi connectivity index (χ4v) is 3.34. The van der Waals surface area contributed by atoms with Crippen LogP contribution in [0.3, 0.4) is 0 Å². The molecule has 0 aliphatic carbocycles. The van der Waals surface area contributed by atoms with Crippen molar-refractivity contribution in [2.75, 3.05) is 5.32 Å². The summed E-state index contributed by atoms with van der Waals surface area (Å²) in [6.07, 6.45) is 0.502. The van der Waals surface area contributed by atoms with Gasteiger partial charge in [0.15, 0.2) is 17.0 Å².